The molecular weight excluding hydrogens is 300 g/mol. The van der Waals surface area contributed by atoms with Gasteiger partial charge in [0.15, 0.2) is 0 Å². The molecule has 3 heterocycles. The fourth-order valence-electron chi connectivity index (χ4n) is 3.43. The van der Waals surface area contributed by atoms with E-state index in [1.54, 1.807) is 23.3 Å². The first-order chi connectivity index (χ1) is 10.7. The van der Waals surface area contributed by atoms with Crippen LogP contribution in [-0.2, 0) is 14.3 Å². The number of nitrogens with zero attached hydrogens (tertiary/aromatic N) is 2. The SMILES string of the molecule is COCCN1C[C@@H](C(=O)N2CCC[C@@H]2c2ccsc2)CC1=O. The Bertz CT molecular complexity index is 532. The van der Waals surface area contributed by atoms with E-state index in [1.165, 1.54) is 5.56 Å². The Morgan fingerprint density at radius 2 is 2.36 bits per heavy atom. The topological polar surface area (TPSA) is 49.9 Å². The molecule has 1 aromatic heterocycles. The van der Waals surface area contributed by atoms with E-state index in [2.05, 4.69) is 16.8 Å². The van der Waals surface area contributed by atoms with Gasteiger partial charge in [0, 0.05) is 33.2 Å². The van der Waals surface area contributed by atoms with Gasteiger partial charge in [0.05, 0.1) is 18.6 Å². The van der Waals surface area contributed by atoms with E-state index < -0.39 is 0 Å². The van der Waals surface area contributed by atoms with Crippen LogP contribution in [0.25, 0.3) is 0 Å². The van der Waals surface area contributed by atoms with E-state index in [0.29, 0.717) is 26.1 Å². The molecule has 0 saturated carbocycles. The summed E-state index contributed by atoms with van der Waals surface area (Å²) in [6.45, 7) is 2.44. The number of carbonyl (C=O) groups is 2. The Morgan fingerprint density at radius 3 is 3.09 bits per heavy atom. The third kappa shape index (κ3) is 3.03. The molecule has 2 aliphatic rings. The smallest absolute Gasteiger partial charge is 0.228 e. The third-order valence-corrected chi connectivity index (χ3v) is 5.29. The lowest BCUT2D eigenvalue weighted by atomic mass is 10.0. The molecule has 0 aromatic carbocycles. The Morgan fingerprint density at radius 1 is 1.50 bits per heavy atom. The number of amides is 2. The molecule has 2 aliphatic heterocycles. The molecule has 2 atom stereocenters. The van der Waals surface area contributed by atoms with Crippen LogP contribution in [0.1, 0.15) is 30.9 Å². The molecule has 2 amide bonds. The number of rotatable bonds is 5. The van der Waals surface area contributed by atoms with Gasteiger partial charge in [-0.25, -0.2) is 0 Å². The third-order valence-electron chi connectivity index (χ3n) is 4.59. The van der Waals surface area contributed by atoms with Crippen molar-refractivity contribution in [1.82, 2.24) is 9.80 Å². The molecule has 1 aromatic rings. The molecule has 0 unspecified atom stereocenters. The molecule has 2 fully saturated rings. The molecule has 120 valence electrons. The van der Waals surface area contributed by atoms with Crippen molar-refractivity contribution in [2.75, 3.05) is 33.4 Å². The fourth-order valence-corrected chi connectivity index (χ4v) is 4.14. The largest absolute Gasteiger partial charge is 0.383 e. The zero-order valence-electron chi connectivity index (χ0n) is 12.9. The minimum absolute atomic E-state index is 0.0710. The second-order valence-electron chi connectivity index (χ2n) is 5.98. The molecule has 0 radical (unpaired) electrons. The maximum Gasteiger partial charge on any atom is 0.228 e. The van der Waals surface area contributed by atoms with Gasteiger partial charge < -0.3 is 14.5 Å². The normalized spacial score (nSPS) is 25.2. The molecule has 6 heteroatoms. The lowest BCUT2D eigenvalue weighted by Gasteiger charge is -2.27. The highest BCUT2D eigenvalue weighted by molar-refractivity contribution is 7.07. The average Bonchev–Trinajstić information content (AvgIpc) is 3.24. The van der Waals surface area contributed by atoms with Crippen molar-refractivity contribution in [1.29, 1.82) is 0 Å². The predicted octanol–water partition coefficient (Wildman–Crippen LogP) is 1.91. The second-order valence-corrected chi connectivity index (χ2v) is 6.76. The van der Waals surface area contributed by atoms with Crippen LogP contribution in [0.3, 0.4) is 0 Å². The average molecular weight is 322 g/mol. The number of carbonyl (C=O) groups excluding carboxylic acids is 2. The Balaban J connectivity index is 1.65. The monoisotopic (exact) mass is 322 g/mol. The van der Waals surface area contributed by atoms with Crippen LogP contribution < -0.4 is 0 Å². The summed E-state index contributed by atoms with van der Waals surface area (Å²) in [6.07, 6.45) is 2.41. The van der Waals surface area contributed by atoms with E-state index in [1.807, 2.05) is 4.90 Å². The molecule has 22 heavy (non-hydrogen) atoms. The number of hydrogen-bond donors (Lipinski definition) is 0. The number of thiophene rings is 1. The summed E-state index contributed by atoms with van der Waals surface area (Å²) in [6, 6.07) is 2.30. The van der Waals surface area contributed by atoms with Crippen molar-refractivity contribution in [3.63, 3.8) is 0 Å². The summed E-state index contributed by atoms with van der Waals surface area (Å²) in [5.74, 6) is 0.0206. The maximum absolute atomic E-state index is 12.8. The Labute approximate surface area is 134 Å². The van der Waals surface area contributed by atoms with Crippen molar-refractivity contribution < 1.29 is 14.3 Å². The Kier molecular flexibility index (Phi) is 4.78. The van der Waals surface area contributed by atoms with Crippen LogP contribution in [0, 0.1) is 5.92 Å². The predicted molar refractivity (Wildman–Crippen MR) is 84.6 cm³/mol. The van der Waals surface area contributed by atoms with Crippen LogP contribution >= 0.6 is 11.3 Å². The Hall–Kier alpha value is -1.40. The zero-order chi connectivity index (χ0) is 15.5. The quantitative estimate of drug-likeness (QED) is 0.832. The first-order valence-corrected chi connectivity index (χ1v) is 8.74. The molecule has 0 bridgehead atoms. The van der Waals surface area contributed by atoms with E-state index >= 15 is 0 Å². The molecule has 5 nitrogen and oxygen atoms in total. The molecular formula is C16H22N2O3S. The van der Waals surface area contributed by atoms with E-state index in [-0.39, 0.29) is 23.8 Å². The molecule has 2 saturated heterocycles. The van der Waals surface area contributed by atoms with Crippen LogP contribution in [-0.4, -0.2) is 55.0 Å². The van der Waals surface area contributed by atoms with Gasteiger partial charge in [0.2, 0.25) is 11.8 Å². The molecule has 0 aliphatic carbocycles. The molecule has 3 rings (SSSR count). The highest BCUT2D eigenvalue weighted by Crippen LogP contribution is 2.35. The summed E-state index contributed by atoms with van der Waals surface area (Å²) in [7, 11) is 1.62. The van der Waals surface area contributed by atoms with Crippen molar-refractivity contribution >= 4 is 23.2 Å². The highest BCUT2D eigenvalue weighted by Gasteiger charge is 2.39. The van der Waals surface area contributed by atoms with Gasteiger partial charge in [-0.3, -0.25) is 9.59 Å². The van der Waals surface area contributed by atoms with Crippen LogP contribution in [0.4, 0.5) is 0 Å². The standard InChI is InChI=1S/C16H22N2O3S/c1-21-7-6-17-10-13(9-15(17)19)16(20)18-5-2-3-14(18)12-4-8-22-11-12/h4,8,11,13-14H,2-3,5-7,9-10H2,1H3/t13-,14+/m0/s1. The number of likely N-dealkylation sites (tertiary alicyclic amines) is 2. The van der Waals surface area contributed by atoms with E-state index in [4.69, 9.17) is 4.74 Å². The van der Waals surface area contributed by atoms with E-state index in [0.717, 1.165) is 19.4 Å². The van der Waals surface area contributed by atoms with Crippen LogP contribution in [0.15, 0.2) is 16.8 Å². The number of ether oxygens (including phenoxy) is 1. The van der Waals surface area contributed by atoms with Gasteiger partial charge in [0.1, 0.15) is 0 Å². The van der Waals surface area contributed by atoms with Gasteiger partial charge in [0.25, 0.3) is 0 Å². The lowest BCUT2D eigenvalue weighted by molar-refractivity contribution is -0.136. The van der Waals surface area contributed by atoms with E-state index in [9.17, 15) is 9.59 Å². The van der Waals surface area contributed by atoms with Gasteiger partial charge in [-0.1, -0.05) is 0 Å². The van der Waals surface area contributed by atoms with Gasteiger partial charge in [-0.2, -0.15) is 11.3 Å². The minimum atomic E-state index is -0.191. The van der Waals surface area contributed by atoms with Gasteiger partial charge in [-0.05, 0) is 35.2 Å². The summed E-state index contributed by atoms with van der Waals surface area (Å²) in [5.41, 5.74) is 1.23. The van der Waals surface area contributed by atoms with Gasteiger partial charge in [-0.15, -0.1) is 0 Å². The second kappa shape index (κ2) is 6.79. The molecule has 0 spiro atoms. The van der Waals surface area contributed by atoms with Crippen molar-refractivity contribution in [3.05, 3.63) is 22.4 Å². The summed E-state index contributed by atoms with van der Waals surface area (Å²) >= 11 is 1.67. The van der Waals surface area contributed by atoms with Crippen LogP contribution in [0.5, 0.6) is 0 Å². The molecule has 0 N–H and O–H groups in total. The van der Waals surface area contributed by atoms with Gasteiger partial charge >= 0.3 is 0 Å². The minimum Gasteiger partial charge on any atom is -0.383 e. The lowest BCUT2D eigenvalue weighted by Crippen LogP contribution is -2.37. The van der Waals surface area contributed by atoms with Crippen molar-refractivity contribution in [2.45, 2.75) is 25.3 Å². The highest BCUT2D eigenvalue weighted by atomic mass is 32.1. The summed E-state index contributed by atoms with van der Waals surface area (Å²) < 4.78 is 5.03. The first-order valence-electron chi connectivity index (χ1n) is 7.80. The zero-order valence-corrected chi connectivity index (χ0v) is 13.7. The summed E-state index contributed by atoms with van der Waals surface area (Å²) in [5, 5.41) is 4.18. The van der Waals surface area contributed by atoms with Crippen LogP contribution in [0.2, 0.25) is 0 Å². The number of methoxy groups -OCH3 is 1. The van der Waals surface area contributed by atoms with Crippen molar-refractivity contribution in [3.8, 4) is 0 Å². The van der Waals surface area contributed by atoms with Crippen molar-refractivity contribution in [2.24, 2.45) is 5.92 Å². The fraction of sp³-hybridized carbons (Fsp3) is 0.625. The number of hydrogen-bond acceptors (Lipinski definition) is 4. The maximum atomic E-state index is 12.8. The first kappa shape index (κ1) is 15.5. The summed E-state index contributed by atoms with van der Waals surface area (Å²) in [4.78, 5) is 28.6.